The Balaban J connectivity index is 0. The lowest BCUT2D eigenvalue weighted by Crippen LogP contribution is -1.24. The molecule has 0 bridgehead atoms. The Morgan fingerprint density at radius 3 is 1.25 bits per heavy atom. The van der Waals surface area contributed by atoms with Crippen LogP contribution in [0.2, 0.25) is 0 Å². The quantitative estimate of drug-likeness (QED) is 0.312. The fourth-order valence-electron chi connectivity index (χ4n) is 0. The van der Waals surface area contributed by atoms with Gasteiger partial charge in [-0.2, -0.15) is 0 Å². The van der Waals surface area contributed by atoms with Crippen LogP contribution < -0.4 is 0 Å². The van der Waals surface area contributed by atoms with Crippen molar-refractivity contribution in [1.29, 1.82) is 0 Å². The van der Waals surface area contributed by atoms with E-state index in [1.807, 2.05) is 0 Å². The van der Waals surface area contributed by atoms with Gasteiger partial charge in [-0.1, -0.05) is 0 Å². The van der Waals surface area contributed by atoms with Crippen LogP contribution in [-0.2, 0) is 0 Å². The van der Waals surface area contributed by atoms with Crippen molar-refractivity contribution in [2.45, 2.75) is 0 Å². The second-order valence-corrected chi connectivity index (χ2v) is 0.909. The second-order valence-electron chi connectivity index (χ2n) is 0.101. The Labute approximate surface area is 37.7 Å². The highest BCUT2D eigenvalue weighted by atomic mass is 35.5. The van der Waals surface area contributed by atoms with Gasteiger partial charge in [-0.25, -0.2) is 0 Å². The van der Waals surface area contributed by atoms with Gasteiger partial charge in [0, 0.05) is 8.41 Å². The molecule has 0 nitrogen and oxygen atoms in total. The summed E-state index contributed by atoms with van der Waals surface area (Å²) in [7, 11) is 0. The highest BCUT2D eigenvalue weighted by Crippen LogP contribution is 1.73. The van der Waals surface area contributed by atoms with E-state index in [4.69, 9.17) is 23.2 Å². The minimum Gasteiger partial charge on any atom is -0.109 e. The molecule has 4 heavy (non-hydrogen) atoms. The van der Waals surface area contributed by atoms with Crippen molar-refractivity contribution < 1.29 is 0 Å². The van der Waals surface area contributed by atoms with Crippen molar-refractivity contribution in [1.82, 2.24) is 0 Å². The van der Waals surface area contributed by atoms with E-state index in [1.54, 1.807) is 0 Å². The SMILES string of the molecule is ClCCl.[B]. The normalized spacial score (nSPS) is 4.50. The van der Waals surface area contributed by atoms with E-state index in [0.29, 0.717) is 0 Å². The summed E-state index contributed by atoms with van der Waals surface area (Å²) in [6.07, 6.45) is 0. The van der Waals surface area contributed by atoms with E-state index in [-0.39, 0.29) is 13.8 Å². The summed E-state index contributed by atoms with van der Waals surface area (Å²) < 4.78 is 0. The molecular weight excluding hydrogens is 93.7 g/mol. The van der Waals surface area contributed by atoms with Crippen LogP contribution >= 0.6 is 23.2 Å². The van der Waals surface area contributed by atoms with Crippen LogP contribution in [0.1, 0.15) is 0 Å². The van der Waals surface area contributed by atoms with Gasteiger partial charge in [0.05, 0.1) is 5.34 Å². The lowest BCUT2D eigenvalue weighted by Gasteiger charge is -1.42. The number of alkyl halides is 2. The molecule has 0 rings (SSSR count). The summed E-state index contributed by atoms with van der Waals surface area (Å²) in [5, 5.41) is 0.194. The third-order valence-corrected chi connectivity index (χ3v) is 0. The smallest absolute Gasteiger partial charge is 0.0967 e. The number of hydrogen-bond donors (Lipinski definition) is 0. The maximum atomic E-state index is 4.76. The van der Waals surface area contributed by atoms with Gasteiger partial charge in [0.25, 0.3) is 0 Å². The summed E-state index contributed by atoms with van der Waals surface area (Å²) in [4.78, 5) is 0. The standard InChI is InChI=1S/CH2Cl2.B/c2-1-3;/h1H2;. The molecule has 0 aliphatic heterocycles. The number of hydrogen-bond acceptors (Lipinski definition) is 0. The average molecular weight is 95.7 g/mol. The molecule has 0 unspecified atom stereocenters. The predicted molar refractivity (Wildman–Crippen MR) is 22.3 cm³/mol. The lowest BCUT2D eigenvalue weighted by atomic mass is 10.8. The molecule has 0 saturated heterocycles. The van der Waals surface area contributed by atoms with Gasteiger partial charge in [-0.3, -0.25) is 0 Å². The number of halogens is 2. The Bertz CT molecular complexity index is 6.00. The third kappa shape index (κ3) is 17.2. The van der Waals surface area contributed by atoms with Gasteiger partial charge >= 0.3 is 0 Å². The fourth-order valence-corrected chi connectivity index (χ4v) is 0. The molecule has 0 aromatic carbocycles. The minimum absolute atomic E-state index is 0. The van der Waals surface area contributed by atoms with Crippen molar-refractivity contribution in [3.8, 4) is 0 Å². The van der Waals surface area contributed by atoms with Crippen molar-refractivity contribution in [3.05, 3.63) is 0 Å². The molecule has 3 heteroatoms. The first-order valence-electron chi connectivity index (χ1n) is 0.535. The summed E-state index contributed by atoms with van der Waals surface area (Å²) in [6, 6.07) is 0. The lowest BCUT2D eigenvalue weighted by molar-refractivity contribution is 2.20. The largest absolute Gasteiger partial charge is 0.109 e. The van der Waals surface area contributed by atoms with E-state index in [9.17, 15) is 0 Å². The topological polar surface area (TPSA) is 0 Å². The molecule has 0 aliphatic carbocycles. The van der Waals surface area contributed by atoms with Crippen molar-refractivity contribution in [2.24, 2.45) is 0 Å². The molecule has 0 aromatic heterocycles. The van der Waals surface area contributed by atoms with Crippen molar-refractivity contribution >= 4 is 31.6 Å². The van der Waals surface area contributed by atoms with Crippen molar-refractivity contribution in [3.63, 3.8) is 0 Å². The van der Waals surface area contributed by atoms with Gasteiger partial charge in [-0.05, 0) is 0 Å². The average Bonchev–Trinajstić information content (AvgIpc) is 0.918. The van der Waals surface area contributed by atoms with Crippen LogP contribution in [-0.4, -0.2) is 13.8 Å². The molecule has 0 amide bonds. The zero-order chi connectivity index (χ0) is 2.71. The molecule has 0 aliphatic rings. The molecule has 0 atom stereocenters. The molecule has 0 saturated carbocycles. The summed E-state index contributed by atoms with van der Waals surface area (Å²) in [5.41, 5.74) is 0. The highest BCUT2D eigenvalue weighted by molar-refractivity contribution is 6.40. The van der Waals surface area contributed by atoms with Gasteiger partial charge in [0.15, 0.2) is 0 Å². The Hall–Kier alpha value is 0.645. The third-order valence-electron chi connectivity index (χ3n) is 0. The maximum absolute atomic E-state index is 4.76. The van der Waals surface area contributed by atoms with Crippen molar-refractivity contribution in [2.75, 3.05) is 5.34 Å². The Morgan fingerprint density at radius 1 is 1.25 bits per heavy atom. The molecule has 23 valence electrons. The van der Waals surface area contributed by atoms with Gasteiger partial charge in [0.1, 0.15) is 0 Å². The van der Waals surface area contributed by atoms with Gasteiger partial charge < -0.3 is 0 Å². The first-order chi connectivity index (χ1) is 1.41. The summed E-state index contributed by atoms with van der Waals surface area (Å²) in [6.45, 7) is 0. The molecule has 0 fully saturated rings. The van der Waals surface area contributed by atoms with Crippen LogP contribution in [0.5, 0.6) is 0 Å². The summed E-state index contributed by atoms with van der Waals surface area (Å²) in [5.74, 6) is 0. The zero-order valence-electron chi connectivity index (χ0n) is 2.04. The van der Waals surface area contributed by atoms with Crippen LogP contribution in [0, 0.1) is 0 Å². The molecular formula is CH2BCl2. The Morgan fingerprint density at radius 2 is 1.25 bits per heavy atom. The molecule has 3 radical (unpaired) electrons. The van der Waals surface area contributed by atoms with Crippen LogP contribution in [0.4, 0.5) is 0 Å². The predicted octanol–water partition coefficient (Wildman–Crippen LogP) is 1.04. The van der Waals surface area contributed by atoms with E-state index in [2.05, 4.69) is 0 Å². The minimum atomic E-state index is 0. The van der Waals surface area contributed by atoms with E-state index in [1.165, 1.54) is 0 Å². The maximum Gasteiger partial charge on any atom is 0.0967 e. The first kappa shape index (κ1) is 8.82. The summed E-state index contributed by atoms with van der Waals surface area (Å²) >= 11 is 9.53. The van der Waals surface area contributed by atoms with Crippen LogP contribution in [0.15, 0.2) is 0 Å². The van der Waals surface area contributed by atoms with E-state index >= 15 is 0 Å². The van der Waals surface area contributed by atoms with Gasteiger partial charge in [0.2, 0.25) is 0 Å². The van der Waals surface area contributed by atoms with Gasteiger partial charge in [-0.15, -0.1) is 23.2 Å². The molecule has 0 aromatic rings. The number of rotatable bonds is 0. The van der Waals surface area contributed by atoms with E-state index < -0.39 is 0 Å². The first-order valence-corrected chi connectivity index (χ1v) is 1.60. The zero-order valence-corrected chi connectivity index (χ0v) is 3.55. The monoisotopic (exact) mass is 95.0 g/mol. The Kier molecular flexibility index (Phi) is 20.8. The van der Waals surface area contributed by atoms with E-state index in [0.717, 1.165) is 0 Å². The van der Waals surface area contributed by atoms with Crippen LogP contribution in [0.3, 0.4) is 0 Å². The highest BCUT2D eigenvalue weighted by Gasteiger charge is 1.41. The second kappa shape index (κ2) is 9.42. The molecule has 0 heterocycles. The molecule has 0 N–H and O–H groups in total. The molecule has 0 spiro atoms. The van der Waals surface area contributed by atoms with Crippen LogP contribution in [0.25, 0.3) is 0 Å². The fraction of sp³-hybridized carbons (Fsp3) is 1.00.